The molecule has 1 aromatic rings. The van der Waals surface area contributed by atoms with Gasteiger partial charge in [-0.3, -0.25) is 4.79 Å². The van der Waals surface area contributed by atoms with E-state index in [9.17, 15) is 23.1 Å². The molecule has 0 amide bonds. The number of carbonyl (C=O) groups is 1. The average Bonchev–Trinajstić information content (AvgIpc) is 2.72. The highest BCUT2D eigenvalue weighted by Gasteiger charge is 2.52. The number of benzene rings is 1. The molecular weight excluding hydrogens is 380 g/mol. The van der Waals surface area contributed by atoms with Gasteiger partial charge in [0, 0.05) is 12.7 Å². The maximum atomic E-state index is 13.0. The minimum Gasteiger partial charge on any atom is -0.507 e. The van der Waals surface area contributed by atoms with Crippen molar-refractivity contribution in [3.8, 4) is 5.75 Å². The molecule has 148 valence electrons. The second-order valence-corrected chi connectivity index (χ2v) is 8.51. The Hall–Kier alpha value is -1.45. The van der Waals surface area contributed by atoms with Crippen LogP contribution in [-0.2, 0) is 20.3 Å². The molecule has 0 saturated carbocycles. The van der Waals surface area contributed by atoms with Crippen LogP contribution in [0.3, 0.4) is 0 Å². The fraction of sp³-hybridized carbons (Fsp3) is 0.500. The van der Waals surface area contributed by atoms with Gasteiger partial charge < -0.3 is 14.4 Å². The summed E-state index contributed by atoms with van der Waals surface area (Å²) < 4.78 is 51.1. The molecule has 1 heterocycles. The number of hydrogen-bond donors (Lipinski definition) is 1. The van der Waals surface area contributed by atoms with Crippen molar-refractivity contribution in [2.75, 3.05) is 5.75 Å². The van der Waals surface area contributed by atoms with Crippen molar-refractivity contribution < 1.29 is 32.4 Å². The molecule has 0 aliphatic carbocycles. The predicted molar refractivity (Wildman–Crippen MR) is 100 cm³/mol. The van der Waals surface area contributed by atoms with Gasteiger partial charge in [-0.1, -0.05) is 23.9 Å². The number of halogens is 3. The summed E-state index contributed by atoms with van der Waals surface area (Å²) in [7, 11) is -0.787. The second-order valence-electron chi connectivity index (χ2n) is 7.36. The Morgan fingerprint density at radius 1 is 1.22 bits per heavy atom. The van der Waals surface area contributed by atoms with Gasteiger partial charge in [-0.25, -0.2) is 0 Å². The third kappa shape index (κ3) is 5.09. The number of thioether (sulfide) groups is 1. The van der Waals surface area contributed by atoms with Gasteiger partial charge in [-0.15, -0.1) is 0 Å². The van der Waals surface area contributed by atoms with E-state index in [0.29, 0.717) is 5.47 Å². The summed E-state index contributed by atoms with van der Waals surface area (Å²) in [4.78, 5) is 11.4. The quantitative estimate of drug-likeness (QED) is 0.740. The highest BCUT2D eigenvalue weighted by molar-refractivity contribution is 8.13. The van der Waals surface area contributed by atoms with Crippen LogP contribution >= 0.6 is 11.8 Å². The number of alkyl halides is 3. The van der Waals surface area contributed by atoms with Gasteiger partial charge in [0.05, 0.1) is 16.8 Å². The van der Waals surface area contributed by atoms with Crippen molar-refractivity contribution in [2.24, 2.45) is 0 Å². The van der Waals surface area contributed by atoms with Crippen LogP contribution in [0.1, 0.15) is 45.7 Å². The Kier molecular flexibility index (Phi) is 6.09. The molecule has 4 nitrogen and oxygen atoms in total. The smallest absolute Gasteiger partial charge is 0.491 e. The van der Waals surface area contributed by atoms with Gasteiger partial charge in [0.1, 0.15) is 5.75 Å². The SMILES string of the molecule is CC(=O)SCC(=Cc1ccc(O)c(C(F)(F)F)c1)B1OC(C)(C)C(C)(C)O1. The van der Waals surface area contributed by atoms with Crippen LogP contribution in [0.15, 0.2) is 23.7 Å². The normalized spacial score (nSPS) is 19.4. The molecule has 27 heavy (non-hydrogen) atoms. The van der Waals surface area contributed by atoms with E-state index in [-0.39, 0.29) is 16.4 Å². The second kappa shape index (κ2) is 7.52. The lowest BCUT2D eigenvalue weighted by atomic mass is 9.78. The third-order valence-corrected chi connectivity index (χ3v) is 5.56. The Labute approximate surface area is 161 Å². The lowest BCUT2D eigenvalue weighted by molar-refractivity contribution is -0.138. The topological polar surface area (TPSA) is 55.8 Å². The van der Waals surface area contributed by atoms with E-state index in [0.717, 1.165) is 23.9 Å². The molecule has 1 N–H and O–H groups in total. The first kappa shape index (κ1) is 21.9. The predicted octanol–water partition coefficient (Wildman–Crippen LogP) is 4.71. The molecule has 0 unspecified atom stereocenters. The number of hydrogen-bond acceptors (Lipinski definition) is 5. The van der Waals surface area contributed by atoms with Crippen molar-refractivity contribution >= 4 is 30.1 Å². The Morgan fingerprint density at radius 3 is 2.26 bits per heavy atom. The molecule has 1 fully saturated rings. The minimum absolute atomic E-state index is 0.126. The summed E-state index contributed by atoms with van der Waals surface area (Å²) >= 11 is 1.02. The van der Waals surface area contributed by atoms with Crippen molar-refractivity contribution in [1.82, 2.24) is 0 Å². The average molecular weight is 402 g/mol. The summed E-state index contributed by atoms with van der Waals surface area (Å²) in [6, 6.07) is 3.22. The number of phenols is 1. The number of phenolic OH excluding ortho intramolecular Hbond substituents is 1. The van der Waals surface area contributed by atoms with Gasteiger partial charge in [0.25, 0.3) is 0 Å². The van der Waals surface area contributed by atoms with Crippen molar-refractivity contribution in [3.63, 3.8) is 0 Å². The molecule has 0 bridgehead atoms. The Balaban J connectivity index is 2.42. The first-order valence-electron chi connectivity index (χ1n) is 8.32. The molecule has 0 radical (unpaired) electrons. The van der Waals surface area contributed by atoms with Gasteiger partial charge in [0.2, 0.25) is 0 Å². The zero-order valence-electron chi connectivity index (χ0n) is 15.8. The van der Waals surface area contributed by atoms with E-state index >= 15 is 0 Å². The van der Waals surface area contributed by atoms with Crippen LogP contribution < -0.4 is 0 Å². The zero-order chi connectivity index (χ0) is 20.6. The lowest BCUT2D eigenvalue weighted by Crippen LogP contribution is -2.41. The van der Waals surface area contributed by atoms with Crippen LogP contribution in [0.4, 0.5) is 13.2 Å². The molecule has 0 spiro atoms. The maximum absolute atomic E-state index is 13.0. The lowest BCUT2D eigenvalue weighted by Gasteiger charge is -2.32. The molecular formula is C18H22BF3O4S. The molecule has 1 aliphatic heterocycles. The Bertz CT molecular complexity index is 743. The van der Waals surface area contributed by atoms with Crippen LogP contribution in [0.25, 0.3) is 6.08 Å². The molecule has 1 aromatic carbocycles. The van der Waals surface area contributed by atoms with Crippen molar-refractivity contribution in [3.05, 3.63) is 34.8 Å². The molecule has 1 saturated heterocycles. The number of aromatic hydroxyl groups is 1. The van der Waals surface area contributed by atoms with E-state index in [2.05, 4.69) is 0 Å². The molecule has 2 rings (SSSR count). The van der Waals surface area contributed by atoms with Crippen LogP contribution in [-0.4, -0.2) is 34.3 Å². The molecule has 0 aromatic heterocycles. The number of carbonyl (C=O) groups excluding carboxylic acids is 1. The standard InChI is InChI=1S/C18H22BF3O4S/c1-11(23)27-10-13(19-25-16(2,3)17(4,5)26-19)8-12-6-7-15(24)14(9-12)18(20,21)22/h6-9,24H,10H2,1-5H3. The first-order chi connectivity index (χ1) is 12.2. The van der Waals surface area contributed by atoms with E-state index in [4.69, 9.17) is 9.31 Å². The van der Waals surface area contributed by atoms with Crippen molar-refractivity contribution in [2.45, 2.75) is 52.0 Å². The van der Waals surface area contributed by atoms with E-state index in [1.165, 1.54) is 19.1 Å². The third-order valence-electron chi connectivity index (χ3n) is 4.68. The Morgan fingerprint density at radius 2 is 1.78 bits per heavy atom. The molecule has 9 heteroatoms. The highest BCUT2D eigenvalue weighted by atomic mass is 32.2. The summed E-state index contributed by atoms with van der Waals surface area (Å²) in [5, 5.41) is 9.36. The van der Waals surface area contributed by atoms with Gasteiger partial charge in [-0.05, 0) is 50.9 Å². The summed E-state index contributed by atoms with van der Waals surface area (Å²) in [6.45, 7) is 8.88. The van der Waals surface area contributed by atoms with E-state index in [1.54, 1.807) is 0 Å². The van der Waals surface area contributed by atoms with E-state index in [1.807, 2.05) is 27.7 Å². The largest absolute Gasteiger partial charge is 0.507 e. The first-order valence-corrected chi connectivity index (χ1v) is 9.31. The fourth-order valence-corrected chi connectivity index (χ4v) is 3.03. The summed E-state index contributed by atoms with van der Waals surface area (Å²) in [6.07, 6.45) is -3.17. The van der Waals surface area contributed by atoms with Crippen molar-refractivity contribution in [1.29, 1.82) is 0 Å². The fourth-order valence-electron chi connectivity index (χ4n) is 2.44. The van der Waals surface area contributed by atoms with Crippen LogP contribution in [0.5, 0.6) is 5.75 Å². The molecule has 0 atom stereocenters. The van der Waals surface area contributed by atoms with Gasteiger partial charge in [0.15, 0.2) is 5.12 Å². The van der Waals surface area contributed by atoms with Crippen LogP contribution in [0, 0.1) is 0 Å². The molecule has 1 aliphatic rings. The number of rotatable bonds is 4. The maximum Gasteiger partial charge on any atom is 0.491 e. The zero-order valence-corrected chi connectivity index (χ0v) is 16.6. The highest BCUT2D eigenvalue weighted by Crippen LogP contribution is 2.40. The summed E-state index contributed by atoms with van der Waals surface area (Å²) in [5.41, 5.74) is -1.60. The van der Waals surface area contributed by atoms with Crippen LogP contribution in [0.2, 0.25) is 0 Å². The minimum atomic E-state index is -4.67. The van der Waals surface area contributed by atoms with Gasteiger partial charge in [-0.2, -0.15) is 13.2 Å². The van der Waals surface area contributed by atoms with Gasteiger partial charge >= 0.3 is 13.3 Å². The van der Waals surface area contributed by atoms with E-state index < -0.39 is 35.8 Å². The monoisotopic (exact) mass is 402 g/mol. The summed E-state index contributed by atoms with van der Waals surface area (Å²) in [5.74, 6) is -0.621.